The van der Waals surface area contributed by atoms with E-state index in [2.05, 4.69) is 10.6 Å². The first-order valence-electron chi connectivity index (χ1n) is 9.20. The third-order valence-corrected chi connectivity index (χ3v) is 5.31. The lowest BCUT2D eigenvalue weighted by atomic mass is 9.97. The summed E-state index contributed by atoms with van der Waals surface area (Å²) in [6.07, 6.45) is 5.38. The van der Waals surface area contributed by atoms with E-state index in [-0.39, 0.29) is 30.3 Å². The van der Waals surface area contributed by atoms with Crippen molar-refractivity contribution in [1.29, 1.82) is 0 Å². The van der Waals surface area contributed by atoms with Crippen LogP contribution in [0.1, 0.15) is 38.5 Å². The molecule has 134 valence electrons. The Balaban J connectivity index is 1.42. The van der Waals surface area contributed by atoms with Gasteiger partial charge in [-0.3, -0.25) is 14.4 Å². The maximum Gasteiger partial charge on any atom is 0.242 e. The van der Waals surface area contributed by atoms with Gasteiger partial charge in [-0.25, -0.2) is 0 Å². The highest BCUT2D eigenvalue weighted by molar-refractivity contribution is 5.86. The molecule has 0 aromatic rings. The first kappa shape index (κ1) is 17.2. The second-order valence-corrected chi connectivity index (χ2v) is 7.16. The molecule has 0 radical (unpaired) electrons. The molecule has 2 N–H and O–H groups in total. The molecule has 0 aliphatic carbocycles. The molecule has 7 nitrogen and oxygen atoms in total. The zero-order chi connectivity index (χ0) is 16.9. The van der Waals surface area contributed by atoms with E-state index in [9.17, 15) is 14.4 Å². The lowest BCUT2D eigenvalue weighted by Gasteiger charge is -2.34. The Bertz CT molecular complexity index is 490. The summed E-state index contributed by atoms with van der Waals surface area (Å²) >= 11 is 0. The maximum absolute atomic E-state index is 12.4. The summed E-state index contributed by atoms with van der Waals surface area (Å²) in [6.45, 7) is 3.90. The van der Waals surface area contributed by atoms with E-state index in [0.29, 0.717) is 32.0 Å². The number of amides is 3. The highest BCUT2D eigenvalue weighted by atomic mass is 16.2. The van der Waals surface area contributed by atoms with Crippen LogP contribution >= 0.6 is 0 Å². The van der Waals surface area contributed by atoms with Crippen molar-refractivity contribution >= 4 is 17.7 Å². The number of nitrogens with zero attached hydrogens (tertiary/aromatic N) is 2. The quantitative estimate of drug-likeness (QED) is 0.723. The molecule has 2 atom stereocenters. The minimum absolute atomic E-state index is 0.0405. The summed E-state index contributed by atoms with van der Waals surface area (Å²) in [7, 11) is 0. The van der Waals surface area contributed by atoms with Crippen LogP contribution in [0.25, 0.3) is 0 Å². The second-order valence-electron chi connectivity index (χ2n) is 7.16. The molecule has 3 amide bonds. The van der Waals surface area contributed by atoms with E-state index in [4.69, 9.17) is 0 Å². The Labute approximate surface area is 143 Å². The van der Waals surface area contributed by atoms with Crippen LogP contribution < -0.4 is 10.6 Å². The van der Waals surface area contributed by atoms with E-state index >= 15 is 0 Å². The van der Waals surface area contributed by atoms with Crippen molar-refractivity contribution in [1.82, 2.24) is 20.4 Å². The van der Waals surface area contributed by atoms with Crippen LogP contribution in [0.4, 0.5) is 0 Å². The van der Waals surface area contributed by atoms with E-state index in [1.165, 1.54) is 0 Å². The minimum Gasteiger partial charge on any atom is -0.354 e. The van der Waals surface area contributed by atoms with Gasteiger partial charge < -0.3 is 20.4 Å². The molecule has 3 saturated heterocycles. The van der Waals surface area contributed by atoms with Gasteiger partial charge in [-0.2, -0.15) is 0 Å². The van der Waals surface area contributed by atoms with Gasteiger partial charge in [0.2, 0.25) is 17.7 Å². The van der Waals surface area contributed by atoms with Crippen LogP contribution in [-0.4, -0.2) is 72.8 Å². The molecule has 0 saturated carbocycles. The van der Waals surface area contributed by atoms with Crippen LogP contribution in [0, 0.1) is 5.92 Å². The number of carbonyl (C=O) groups is 3. The summed E-state index contributed by atoms with van der Waals surface area (Å²) in [5.74, 6) is 0.521. The Hall–Kier alpha value is -1.63. The van der Waals surface area contributed by atoms with Crippen LogP contribution in [0.3, 0.4) is 0 Å². The van der Waals surface area contributed by atoms with Gasteiger partial charge in [-0.1, -0.05) is 0 Å². The van der Waals surface area contributed by atoms with Crippen molar-refractivity contribution in [3.05, 3.63) is 0 Å². The average molecular weight is 336 g/mol. The standard InChI is InChI=1S/C17H28N4O3/c22-15-6-3-9-21(15)12-16(23)20-8-2-4-13(11-20)10-19-17(24)14-5-1-7-18-14/h13-14,18H,1-12H2,(H,19,24). The van der Waals surface area contributed by atoms with E-state index in [0.717, 1.165) is 45.2 Å². The Morgan fingerprint density at radius 2 is 2.04 bits per heavy atom. The molecule has 3 heterocycles. The smallest absolute Gasteiger partial charge is 0.242 e. The van der Waals surface area contributed by atoms with Crippen molar-refractivity contribution in [2.75, 3.05) is 39.3 Å². The third kappa shape index (κ3) is 4.26. The second kappa shape index (κ2) is 7.96. The topological polar surface area (TPSA) is 81.8 Å². The van der Waals surface area contributed by atoms with Crippen molar-refractivity contribution < 1.29 is 14.4 Å². The SMILES string of the molecule is O=C(NCC1CCCN(C(=O)CN2CCCC2=O)C1)C1CCCN1. The highest BCUT2D eigenvalue weighted by Gasteiger charge is 2.29. The number of nitrogens with one attached hydrogen (secondary N) is 2. The summed E-state index contributed by atoms with van der Waals surface area (Å²) in [5, 5.41) is 6.23. The van der Waals surface area contributed by atoms with E-state index < -0.39 is 0 Å². The maximum atomic E-state index is 12.4. The highest BCUT2D eigenvalue weighted by Crippen LogP contribution is 2.17. The summed E-state index contributed by atoms with van der Waals surface area (Å²) < 4.78 is 0. The molecule has 3 fully saturated rings. The Morgan fingerprint density at radius 3 is 2.75 bits per heavy atom. The number of piperidine rings is 1. The lowest BCUT2D eigenvalue weighted by Crippen LogP contribution is -2.48. The average Bonchev–Trinajstić information content (AvgIpc) is 3.25. The normalized spacial score (nSPS) is 27.6. The van der Waals surface area contributed by atoms with Gasteiger partial charge >= 0.3 is 0 Å². The molecule has 0 bridgehead atoms. The predicted octanol–water partition coefficient (Wildman–Crippen LogP) is -0.284. The fourth-order valence-electron chi connectivity index (χ4n) is 3.87. The van der Waals surface area contributed by atoms with Crippen molar-refractivity contribution in [2.24, 2.45) is 5.92 Å². The van der Waals surface area contributed by atoms with Gasteiger partial charge in [0.05, 0.1) is 12.6 Å². The summed E-state index contributed by atoms with van der Waals surface area (Å²) in [6, 6.07) is -0.0486. The van der Waals surface area contributed by atoms with Gasteiger partial charge in [0.1, 0.15) is 0 Å². The first-order chi connectivity index (χ1) is 11.6. The van der Waals surface area contributed by atoms with Gasteiger partial charge in [-0.05, 0) is 44.6 Å². The molecule has 0 spiro atoms. The lowest BCUT2D eigenvalue weighted by molar-refractivity contribution is -0.139. The minimum atomic E-state index is -0.0486. The molecule has 2 unspecified atom stereocenters. The van der Waals surface area contributed by atoms with Crippen molar-refractivity contribution in [2.45, 2.75) is 44.6 Å². The zero-order valence-electron chi connectivity index (χ0n) is 14.3. The van der Waals surface area contributed by atoms with Crippen LogP contribution in [0.5, 0.6) is 0 Å². The van der Waals surface area contributed by atoms with Crippen molar-refractivity contribution in [3.8, 4) is 0 Å². The largest absolute Gasteiger partial charge is 0.354 e. The van der Waals surface area contributed by atoms with Gasteiger partial charge in [-0.15, -0.1) is 0 Å². The Kier molecular flexibility index (Phi) is 5.71. The molecular weight excluding hydrogens is 308 g/mol. The van der Waals surface area contributed by atoms with Crippen molar-refractivity contribution in [3.63, 3.8) is 0 Å². The van der Waals surface area contributed by atoms with Crippen LogP contribution in [0.15, 0.2) is 0 Å². The first-order valence-corrected chi connectivity index (χ1v) is 9.20. The number of carbonyl (C=O) groups excluding carboxylic acids is 3. The Morgan fingerprint density at radius 1 is 1.17 bits per heavy atom. The van der Waals surface area contributed by atoms with Gasteiger partial charge in [0, 0.05) is 32.6 Å². The number of likely N-dealkylation sites (tertiary alicyclic amines) is 2. The summed E-state index contributed by atoms with van der Waals surface area (Å²) in [5.41, 5.74) is 0. The predicted molar refractivity (Wildman–Crippen MR) is 89.2 cm³/mol. The molecule has 24 heavy (non-hydrogen) atoms. The zero-order valence-corrected chi connectivity index (χ0v) is 14.3. The molecule has 3 aliphatic rings. The molecular formula is C17H28N4O3. The van der Waals surface area contributed by atoms with Gasteiger partial charge in [0.25, 0.3) is 0 Å². The fourth-order valence-corrected chi connectivity index (χ4v) is 3.87. The van der Waals surface area contributed by atoms with Gasteiger partial charge in [0.15, 0.2) is 0 Å². The molecule has 3 rings (SSSR count). The molecule has 0 aromatic heterocycles. The van der Waals surface area contributed by atoms with E-state index in [1.54, 1.807) is 4.90 Å². The third-order valence-electron chi connectivity index (χ3n) is 5.31. The molecule has 3 aliphatic heterocycles. The number of hydrogen-bond donors (Lipinski definition) is 2. The monoisotopic (exact) mass is 336 g/mol. The summed E-state index contributed by atoms with van der Waals surface area (Å²) in [4.78, 5) is 39.7. The number of hydrogen-bond acceptors (Lipinski definition) is 4. The van der Waals surface area contributed by atoms with Crippen LogP contribution in [0.2, 0.25) is 0 Å². The molecule has 7 heteroatoms. The van der Waals surface area contributed by atoms with E-state index in [1.807, 2.05) is 4.90 Å². The van der Waals surface area contributed by atoms with Crippen LogP contribution in [-0.2, 0) is 14.4 Å². The fraction of sp³-hybridized carbons (Fsp3) is 0.824. The number of rotatable bonds is 5. The molecule has 0 aromatic carbocycles.